The number of carboxylic acid groups (broad SMARTS) is 1. The van der Waals surface area contributed by atoms with E-state index < -0.39 is 5.97 Å². The summed E-state index contributed by atoms with van der Waals surface area (Å²) < 4.78 is 0.623. The predicted octanol–water partition coefficient (Wildman–Crippen LogP) is 2.21. The largest absolute Gasteiger partial charge is 0.480 e. The third-order valence-electron chi connectivity index (χ3n) is 2.45. The second-order valence-electron chi connectivity index (χ2n) is 4.71. The summed E-state index contributed by atoms with van der Waals surface area (Å²) in [5.74, 6) is -1.14. The number of rotatable bonds is 5. The summed E-state index contributed by atoms with van der Waals surface area (Å²) in [5, 5.41) is 8.87. The van der Waals surface area contributed by atoms with Crippen molar-refractivity contribution in [2.24, 2.45) is 5.92 Å². The lowest BCUT2D eigenvalue weighted by molar-refractivity contribution is -0.137. The first kappa shape index (κ1) is 15.5. The Balaban J connectivity index is 2.97. The normalized spacial score (nSPS) is 10.5. The van der Waals surface area contributed by atoms with Gasteiger partial charge in [0.2, 0.25) is 0 Å². The standard InChI is InChI=1S/C13H17BrN2O3/c1-8(2)6-16(7-12(17)18)13(19)9-3-4-11(15)10(14)5-9/h3-5,8H,6-7,15H2,1-2H3,(H,17,18). The average molecular weight is 329 g/mol. The number of benzene rings is 1. The molecule has 0 radical (unpaired) electrons. The van der Waals surface area contributed by atoms with E-state index in [-0.39, 0.29) is 18.4 Å². The topological polar surface area (TPSA) is 83.6 Å². The van der Waals surface area contributed by atoms with Gasteiger partial charge in [-0.3, -0.25) is 9.59 Å². The quantitative estimate of drug-likeness (QED) is 0.812. The highest BCUT2D eigenvalue weighted by atomic mass is 79.9. The summed E-state index contributed by atoms with van der Waals surface area (Å²) in [7, 11) is 0. The van der Waals surface area contributed by atoms with Crippen molar-refractivity contribution >= 4 is 33.5 Å². The molecule has 1 rings (SSSR count). The molecule has 0 atom stereocenters. The van der Waals surface area contributed by atoms with Gasteiger partial charge >= 0.3 is 5.97 Å². The van der Waals surface area contributed by atoms with Crippen molar-refractivity contribution in [3.05, 3.63) is 28.2 Å². The maximum Gasteiger partial charge on any atom is 0.323 e. The minimum atomic E-state index is -1.02. The van der Waals surface area contributed by atoms with Gasteiger partial charge in [-0.25, -0.2) is 0 Å². The predicted molar refractivity (Wildman–Crippen MR) is 76.9 cm³/mol. The number of nitrogen functional groups attached to an aromatic ring is 1. The first-order chi connectivity index (χ1) is 8.81. The van der Waals surface area contributed by atoms with Crippen molar-refractivity contribution in [1.29, 1.82) is 0 Å². The lowest BCUT2D eigenvalue weighted by Crippen LogP contribution is -2.38. The molecule has 19 heavy (non-hydrogen) atoms. The minimum absolute atomic E-state index is 0.195. The molecule has 0 spiro atoms. The highest BCUT2D eigenvalue weighted by Crippen LogP contribution is 2.21. The number of carboxylic acids is 1. The first-order valence-corrected chi connectivity index (χ1v) is 6.66. The zero-order chi connectivity index (χ0) is 14.6. The number of halogens is 1. The molecule has 1 aromatic carbocycles. The van der Waals surface area contributed by atoms with E-state index in [2.05, 4.69) is 15.9 Å². The second kappa shape index (κ2) is 6.56. The lowest BCUT2D eigenvalue weighted by Gasteiger charge is -2.23. The first-order valence-electron chi connectivity index (χ1n) is 5.87. The van der Waals surface area contributed by atoms with Crippen LogP contribution in [0.3, 0.4) is 0 Å². The van der Waals surface area contributed by atoms with Crippen LogP contribution in [0.5, 0.6) is 0 Å². The molecule has 0 saturated heterocycles. The van der Waals surface area contributed by atoms with E-state index in [9.17, 15) is 9.59 Å². The van der Waals surface area contributed by atoms with E-state index in [0.29, 0.717) is 22.3 Å². The maximum atomic E-state index is 12.3. The van der Waals surface area contributed by atoms with Crippen LogP contribution in [-0.4, -0.2) is 35.0 Å². The molecule has 6 heteroatoms. The lowest BCUT2D eigenvalue weighted by atomic mass is 10.1. The molecule has 0 aliphatic carbocycles. The molecule has 0 bridgehead atoms. The van der Waals surface area contributed by atoms with Crippen LogP contribution < -0.4 is 5.73 Å². The molecule has 0 fully saturated rings. The summed E-state index contributed by atoms with van der Waals surface area (Å²) in [6.07, 6.45) is 0. The molecule has 0 unspecified atom stereocenters. The van der Waals surface area contributed by atoms with Crippen LogP contribution in [0.15, 0.2) is 22.7 Å². The van der Waals surface area contributed by atoms with Gasteiger partial charge in [0.05, 0.1) is 0 Å². The van der Waals surface area contributed by atoms with Crippen molar-refractivity contribution in [3.8, 4) is 0 Å². The van der Waals surface area contributed by atoms with Gasteiger partial charge in [-0.1, -0.05) is 13.8 Å². The molecule has 0 aromatic heterocycles. The van der Waals surface area contributed by atoms with Gasteiger partial charge in [0, 0.05) is 22.3 Å². The van der Waals surface area contributed by atoms with E-state index in [4.69, 9.17) is 10.8 Å². The number of carbonyl (C=O) groups is 2. The molecule has 1 amide bonds. The van der Waals surface area contributed by atoms with Crippen molar-refractivity contribution in [1.82, 2.24) is 4.90 Å². The summed E-state index contributed by atoms with van der Waals surface area (Å²) in [6, 6.07) is 4.82. The molecule has 104 valence electrons. The van der Waals surface area contributed by atoms with Crippen molar-refractivity contribution in [3.63, 3.8) is 0 Å². The van der Waals surface area contributed by atoms with Crippen LogP contribution in [0.4, 0.5) is 5.69 Å². The van der Waals surface area contributed by atoms with E-state index >= 15 is 0 Å². The fourth-order valence-corrected chi connectivity index (χ4v) is 2.04. The number of nitrogens with zero attached hydrogens (tertiary/aromatic N) is 1. The summed E-state index contributed by atoms with van der Waals surface area (Å²) in [4.78, 5) is 24.4. The van der Waals surface area contributed by atoms with Crippen LogP contribution in [0.1, 0.15) is 24.2 Å². The third-order valence-corrected chi connectivity index (χ3v) is 3.13. The van der Waals surface area contributed by atoms with Crippen molar-refractivity contribution in [2.45, 2.75) is 13.8 Å². The monoisotopic (exact) mass is 328 g/mol. The van der Waals surface area contributed by atoms with E-state index in [1.807, 2.05) is 13.8 Å². The zero-order valence-electron chi connectivity index (χ0n) is 10.9. The molecule has 5 nitrogen and oxygen atoms in total. The maximum absolute atomic E-state index is 12.3. The number of carbonyl (C=O) groups excluding carboxylic acids is 1. The SMILES string of the molecule is CC(C)CN(CC(=O)O)C(=O)c1ccc(N)c(Br)c1. The highest BCUT2D eigenvalue weighted by Gasteiger charge is 2.20. The fraction of sp³-hybridized carbons (Fsp3) is 0.385. The van der Waals surface area contributed by atoms with Crippen LogP contribution in [0.2, 0.25) is 0 Å². The Labute approximate surface area is 120 Å². The molecule has 1 aromatic rings. The van der Waals surface area contributed by atoms with Crippen LogP contribution in [0, 0.1) is 5.92 Å². The second-order valence-corrected chi connectivity index (χ2v) is 5.56. The average Bonchev–Trinajstić information content (AvgIpc) is 2.29. The molecule has 0 aliphatic rings. The summed E-state index contributed by atoms with van der Waals surface area (Å²) in [5.41, 5.74) is 6.61. The Morgan fingerprint density at radius 3 is 2.53 bits per heavy atom. The highest BCUT2D eigenvalue weighted by molar-refractivity contribution is 9.10. The molecular formula is C13H17BrN2O3. The van der Waals surface area contributed by atoms with E-state index in [1.165, 1.54) is 4.90 Å². The molecular weight excluding hydrogens is 312 g/mol. The van der Waals surface area contributed by atoms with Crippen LogP contribution in [0.25, 0.3) is 0 Å². The van der Waals surface area contributed by atoms with Gasteiger partial charge < -0.3 is 15.7 Å². The Morgan fingerprint density at radius 1 is 1.42 bits per heavy atom. The van der Waals surface area contributed by atoms with E-state index in [1.54, 1.807) is 18.2 Å². The van der Waals surface area contributed by atoms with Crippen molar-refractivity contribution < 1.29 is 14.7 Å². The van der Waals surface area contributed by atoms with Gasteiger partial charge in [-0.15, -0.1) is 0 Å². The van der Waals surface area contributed by atoms with Crippen LogP contribution in [-0.2, 0) is 4.79 Å². The molecule has 3 N–H and O–H groups in total. The number of anilines is 1. The number of amides is 1. The Hall–Kier alpha value is -1.56. The number of aliphatic carboxylic acids is 1. The van der Waals surface area contributed by atoms with Gasteiger partial charge in [-0.05, 0) is 40.0 Å². The van der Waals surface area contributed by atoms with Crippen LogP contribution >= 0.6 is 15.9 Å². The summed E-state index contributed by atoms with van der Waals surface area (Å²) >= 11 is 3.25. The van der Waals surface area contributed by atoms with Gasteiger partial charge in [-0.2, -0.15) is 0 Å². The Kier molecular flexibility index (Phi) is 5.35. The summed E-state index contributed by atoms with van der Waals surface area (Å²) in [6.45, 7) is 3.95. The fourth-order valence-electron chi connectivity index (χ4n) is 1.67. The number of hydrogen-bond acceptors (Lipinski definition) is 3. The third kappa shape index (κ3) is 4.55. The zero-order valence-corrected chi connectivity index (χ0v) is 12.5. The molecule has 0 aliphatic heterocycles. The smallest absolute Gasteiger partial charge is 0.323 e. The van der Waals surface area contributed by atoms with Gasteiger partial charge in [0.15, 0.2) is 0 Å². The van der Waals surface area contributed by atoms with E-state index in [0.717, 1.165) is 0 Å². The molecule has 0 saturated carbocycles. The Bertz CT molecular complexity index is 489. The minimum Gasteiger partial charge on any atom is -0.480 e. The molecule has 0 heterocycles. The van der Waals surface area contributed by atoms with Crippen molar-refractivity contribution in [2.75, 3.05) is 18.8 Å². The number of hydrogen-bond donors (Lipinski definition) is 2. The van der Waals surface area contributed by atoms with Gasteiger partial charge in [0.25, 0.3) is 5.91 Å². The Morgan fingerprint density at radius 2 is 2.05 bits per heavy atom. The van der Waals surface area contributed by atoms with Gasteiger partial charge in [0.1, 0.15) is 6.54 Å². The number of nitrogens with two attached hydrogens (primary N) is 1.